The number of hydrogen-bond donors (Lipinski definition) is 0. The van der Waals surface area contributed by atoms with Gasteiger partial charge in [-0.2, -0.15) is 0 Å². The van der Waals surface area contributed by atoms with Crippen molar-refractivity contribution in [3.8, 4) is 0 Å². The Labute approximate surface area is 71.8 Å². The first kappa shape index (κ1) is 8.78. The molecule has 3 nitrogen and oxygen atoms in total. The van der Waals surface area contributed by atoms with Gasteiger partial charge < -0.3 is 0 Å². The van der Waals surface area contributed by atoms with E-state index in [-0.39, 0.29) is 10.6 Å². The highest BCUT2D eigenvalue weighted by atomic mass is 16.6. The summed E-state index contributed by atoms with van der Waals surface area (Å²) in [5, 5.41) is 10.4. The van der Waals surface area contributed by atoms with E-state index in [2.05, 4.69) is 0 Å². The maximum Gasteiger partial charge on any atom is 0.269 e. The van der Waals surface area contributed by atoms with Crippen LogP contribution < -0.4 is 0 Å². The highest BCUT2D eigenvalue weighted by Gasteiger charge is 2.04. The third-order valence-corrected chi connectivity index (χ3v) is 1.56. The van der Waals surface area contributed by atoms with Crippen LogP contribution in [0.1, 0.15) is 5.56 Å². The molecule has 0 fully saturated rings. The number of non-ortho nitro benzene ring substituents is 1. The summed E-state index contributed by atoms with van der Waals surface area (Å²) < 4.78 is 0. The predicted octanol–water partition coefficient (Wildman–Crippen LogP) is 1.85. The van der Waals surface area contributed by atoms with Crippen molar-refractivity contribution in [2.45, 2.75) is 13.1 Å². The summed E-state index contributed by atoms with van der Waals surface area (Å²) in [6, 6.07) is 6.68. The van der Waals surface area contributed by atoms with E-state index in [0.717, 1.165) is 11.9 Å². The molecule has 1 aromatic rings. The molecule has 0 N–H and O–H groups in total. The van der Waals surface area contributed by atoms with Crippen LogP contribution in [0.2, 0.25) is 6.82 Å². The largest absolute Gasteiger partial charge is 0.269 e. The molecule has 0 bridgehead atoms. The lowest BCUT2D eigenvalue weighted by molar-refractivity contribution is -0.384. The van der Waals surface area contributed by atoms with Crippen LogP contribution in [-0.4, -0.2) is 12.2 Å². The number of rotatable bonds is 3. The van der Waals surface area contributed by atoms with Crippen molar-refractivity contribution in [2.24, 2.45) is 0 Å². The maximum absolute atomic E-state index is 10.4. The molecule has 0 saturated heterocycles. The van der Waals surface area contributed by atoms with Gasteiger partial charge in [0.05, 0.1) is 4.92 Å². The third-order valence-electron chi connectivity index (χ3n) is 1.56. The van der Waals surface area contributed by atoms with Gasteiger partial charge in [-0.3, -0.25) is 10.1 Å². The molecule has 0 amide bonds. The van der Waals surface area contributed by atoms with Gasteiger partial charge in [-0.15, -0.1) is 0 Å². The van der Waals surface area contributed by atoms with Gasteiger partial charge in [0.2, 0.25) is 0 Å². The molecule has 4 heteroatoms. The second-order valence-corrected chi connectivity index (χ2v) is 2.54. The standard InChI is InChI=1S/C8H9BNO2/c1-9-6-7-3-2-4-8(5-7)10(11)12/h2-5H,6H2,1H3. The molecule has 1 aromatic carbocycles. The fourth-order valence-corrected chi connectivity index (χ4v) is 1.03. The lowest BCUT2D eigenvalue weighted by Gasteiger charge is -1.96. The van der Waals surface area contributed by atoms with Crippen molar-refractivity contribution in [3.05, 3.63) is 39.9 Å². The van der Waals surface area contributed by atoms with E-state index in [1.807, 2.05) is 20.2 Å². The van der Waals surface area contributed by atoms with Gasteiger partial charge >= 0.3 is 0 Å². The van der Waals surface area contributed by atoms with Crippen molar-refractivity contribution < 1.29 is 4.92 Å². The number of nitro benzene ring substituents is 1. The monoisotopic (exact) mass is 162 g/mol. The molecule has 0 heterocycles. The molecular formula is C8H9BNO2. The minimum atomic E-state index is -0.376. The van der Waals surface area contributed by atoms with E-state index in [1.54, 1.807) is 12.1 Å². The molecule has 0 aromatic heterocycles. The SMILES string of the molecule is C[B]Cc1cccc([N+](=O)[O-])c1. The van der Waals surface area contributed by atoms with E-state index in [1.165, 1.54) is 6.07 Å². The molecule has 0 spiro atoms. The fourth-order valence-electron chi connectivity index (χ4n) is 1.03. The molecule has 0 atom stereocenters. The molecule has 0 aliphatic heterocycles. The Balaban J connectivity index is 2.88. The topological polar surface area (TPSA) is 43.1 Å². The summed E-state index contributed by atoms with van der Waals surface area (Å²) in [7, 11) is 1.97. The first-order valence-electron chi connectivity index (χ1n) is 3.75. The number of nitrogens with zero attached hydrogens (tertiary/aromatic N) is 1. The van der Waals surface area contributed by atoms with Gasteiger partial charge in [-0.25, -0.2) is 0 Å². The molecule has 0 aliphatic rings. The van der Waals surface area contributed by atoms with E-state index in [4.69, 9.17) is 0 Å². The fraction of sp³-hybridized carbons (Fsp3) is 0.250. The van der Waals surface area contributed by atoms with Crippen LogP contribution in [0.5, 0.6) is 0 Å². The van der Waals surface area contributed by atoms with Crippen molar-refractivity contribution in [1.82, 2.24) is 0 Å². The number of nitro groups is 1. The molecule has 12 heavy (non-hydrogen) atoms. The zero-order valence-electron chi connectivity index (χ0n) is 6.86. The summed E-state index contributed by atoms with van der Waals surface area (Å²) >= 11 is 0. The van der Waals surface area contributed by atoms with Gasteiger partial charge in [0, 0.05) is 12.1 Å². The second-order valence-electron chi connectivity index (χ2n) is 2.54. The average Bonchev–Trinajstić information content (AvgIpc) is 2.05. The van der Waals surface area contributed by atoms with Crippen molar-refractivity contribution >= 4 is 13.0 Å². The van der Waals surface area contributed by atoms with Crippen LogP contribution >= 0.6 is 0 Å². The highest BCUT2D eigenvalue weighted by molar-refractivity contribution is 6.32. The summed E-state index contributed by atoms with van der Waals surface area (Å²) in [6.07, 6.45) is 0.779. The van der Waals surface area contributed by atoms with Crippen LogP contribution in [0.4, 0.5) is 5.69 Å². The first-order chi connectivity index (χ1) is 5.74. The third kappa shape index (κ3) is 2.08. The summed E-state index contributed by atoms with van der Waals surface area (Å²) in [5.41, 5.74) is 1.14. The van der Waals surface area contributed by atoms with E-state index in [0.29, 0.717) is 0 Å². The van der Waals surface area contributed by atoms with Crippen molar-refractivity contribution in [2.75, 3.05) is 0 Å². The van der Waals surface area contributed by atoms with Crippen LogP contribution in [0.3, 0.4) is 0 Å². The van der Waals surface area contributed by atoms with Gasteiger partial charge in [0.25, 0.3) is 5.69 Å². The van der Waals surface area contributed by atoms with Crippen molar-refractivity contribution in [1.29, 1.82) is 0 Å². The van der Waals surface area contributed by atoms with Crippen LogP contribution in [0, 0.1) is 10.1 Å². The Morgan fingerprint density at radius 1 is 1.58 bits per heavy atom. The normalized spacial score (nSPS) is 9.42. The zero-order valence-corrected chi connectivity index (χ0v) is 6.86. The summed E-state index contributed by atoms with van der Waals surface area (Å²) in [4.78, 5) is 9.98. The Kier molecular flexibility index (Phi) is 2.85. The smallest absolute Gasteiger partial charge is 0.258 e. The Morgan fingerprint density at radius 3 is 2.92 bits per heavy atom. The van der Waals surface area contributed by atoms with Crippen LogP contribution in [0.25, 0.3) is 0 Å². The molecule has 1 rings (SSSR count). The lowest BCUT2D eigenvalue weighted by atomic mass is 9.75. The summed E-state index contributed by atoms with van der Waals surface area (Å²) in [5.74, 6) is 0. The van der Waals surface area contributed by atoms with Gasteiger partial charge in [0.1, 0.15) is 7.28 Å². The van der Waals surface area contributed by atoms with Crippen molar-refractivity contribution in [3.63, 3.8) is 0 Å². The molecule has 1 radical (unpaired) electrons. The van der Waals surface area contributed by atoms with Gasteiger partial charge in [-0.05, 0) is 5.56 Å². The summed E-state index contributed by atoms with van der Waals surface area (Å²) in [6.45, 7) is 1.93. The number of benzene rings is 1. The molecule has 61 valence electrons. The Morgan fingerprint density at radius 2 is 2.33 bits per heavy atom. The zero-order chi connectivity index (χ0) is 8.97. The van der Waals surface area contributed by atoms with Gasteiger partial charge in [-0.1, -0.05) is 25.3 Å². The first-order valence-corrected chi connectivity index (χ1v) is 3.75. The Bertz CT molecular complexity index is 288. The van der Waals surface area contributed by atoms with Crippen LogP contribution in [-0.2, 0) is 6.32 Å². The minimum Gasteiger partial charge on any atom is -0.258 e. The molecule has 0 saturated carbocycles. The lowest BCUT2D eigenvalue weighted by Crippen LogP contribution is -1.93. The average molecular weight is 162 g/mol. The second kappa shape index (κ2) is 3.90. The minimum absolute atomic E-state index is 0.161. The highest BCUT2D eigenvalue weighted by Crippen LogP contribution is 2.12. The molecule has 0 unspecified atom stereocenters. The van der Waals surface area contributed by atoms with Gasteiger partial charge in [0.15, 0.2) is 0 Å². The molecule has 0 aliphatic carbocycles. The quantitative estimate of drug-likeness (QED) is 0.386. The van der Waals surface area contributed by atoms with E-state index in [9.17, 15) is 10.1 Å². The number of hydrogen-bond acceptors (Lipinski definition) is 2. The van der Waals surface area contributed by atoms with E-state index < -0.39 is 0 Å². The molecular weight excluding hydrogens is 153 g/mol. The maximum atomic E-state index is 10.4. The van der Waals surface area contributed by atoms with E-state index >= 15 is 0 Å². The predicted molar refractivity (Wildman–Crippen MR) is 48.4 cm³/mol. The van der Waals surface area contributed by atoms with Crippen LogP contribution in [0.15, 0.2) is 24.3 Å². The Hall–Kier alpha value is -1.32.